The Kier molecular flexibility index (Phi) is 7.56. The maximum Gasteiger partial charge on any atom is 0.257 e. The Balaban J connectivity index is 1.60. The summed E-state index contributed by atoms with van der Waals surface area (Å²) in [6.45, 7) is 4.22. The van der Waals surface area contributed by atoms with Crippen molar-refractivity contribution in [1.82, 2.24) is 10.2 Å². The monoisotopic (exact) mass is 443 g/mol. The number of piperidine rings is 1. The van der Waals surface area contributed by atoms with Crippen LogP contribution in [0.3, 0.4) is 0 Å². The van der Waals surface area contributed by atoms with Crippen LogP contribution in [0.5, 0.6) is 0 Å². The summed E-state index contributed by atoms with van der Waals surface area (Å²) in [4.78, 5) is 39.7. The van der Waals surface area contributed by atoms with E-state index in [1.54, 1.807) is 18.7 Å². The van der Waals surface area contributed by atoms with Gasteiger partial charge in [0.15, 0.2) is 0 Å². The van der Waals surface area contributed by atoms with E-state index in [9.17, 15) is 23.2 Å². The summed E-state index contributed by atoms with van der Waals surface area (Å²) in [6, 6.07) is 11.4. The van der Waals surface area contributed by atoms with Gasteiger partial charge < -0.3 is 15.5 Å². The van der Waals surface area contributed by atoms with Gasteiger partial charge in [-0.25, -0.2) is 8.78 Å². The molecular weight excluding hydrogens is 416 g/mol. The summed E-state index contributed by atoms with van der Waals surface area (Å²) < 4.78 is 27.9. The van der Waals surface area contributed by atoms with Crippen molar-refractivity contribution in [3.8, 4) is 0 Å². The minimum absolute atomic E-state index is 0.0907. The maximum absolute atomic E-state index is 13.9. The molecule has 1 heterocycles. The molecular formula is C24H27F2N3O3. The van der Waals surface area contributed by atoms with E-state index in [0.29, 0.717) is 25.9 Å². The number of anilines is 1. The lowest BCUT2D eigenvalue weighted by molar-refractivity contribution is -0.137. The molecule has 170 valence electrons. The van der Waals surface area contributed by atoms with Crippen LogP contribution >= 0.6 is 0 Å². The molecule has 1 aliphatic rings. The van der Waals surface area contributed by atoms with Crippen molar-refractivity contribution in [1.29, 1.82) is 0 Å². The molecule has 32 heavy (non-hydrogen) atoms. The fourth-order valence-corrected chi connectivity index (χ4v) is 3.77. The molecule has 0 radical (unpaired) electrons. The SMILES string of the molecule is CC(C)C(NC(=O)c1c(F)cccc1F)C(=O)N1CCC(C(=O)Nc2ccccc2)CC1. The summed E-state index contributed by atoms with van der Waals surface area (Å²) in [6.07, 6.45) is 0.982. The average molecular weight is 443 g/mol. The van der Waals surface area contributed by atoms with Gasteiger partial charge in [-0.05, 0) is 43.0 Å². The highest BCUT2D eigenvalue weighted by molar-refractivity contribution is 5.98. The van der Waals surface area contributed by atoms with Crippen molar-refractivity contribution in [2.75, 3.05) is 18.4 Å². The van der Waals surface area contributed by atoms with E-state index in [4.69, 9.17) is 0 Å². The molecule has 0 bridgehead atoms. The van der Waals surface area contributed by atoms with E-state index in [-0.39, 0.29) is 23.7 Å². The number of hydrogen-bond acceptors (Lipinski definition) is 3. The van der Waals surface area contributed by atoms with Crippen LogP contribution in [0.4, 0.5) is 14.5 Å². The van der Waals surface area contributed by atoms with Crippen LogP contribution in [-0.2, 0) is 9.59 Å². The van der Waals surface area contributed by atoms with Gasteiger partial charge in [0.25, 0.3) is 5.91 Å². The lowest BCUT2D eigenvalue weighted by atomic mass is 9.94. The van der Waals surface area contributed by atoms with Gasteiger partial charge in [-0.2, -0.15) is 0 Å². The number of likely N-dealkylation sites (tertiary alicyclic amines) is 1. The highest BCUT2D eigenvalue weighted by Gasteiger charge is 2.34. The first-order chi connectivity index (χ1) is 15.3. The van der Waals surface area contributed by atoms with Crippen molar-refractivity contribution < 1.29 is 23.2 Å². The predicted molar refractivity (Wildman–Crippen MR) is 117 cm³/mol. The second-order valence-corrected chi connectivity index (χ2v) is 8.25. The molecule has 2 N–H and O–H groups in total. The third-order valence-corrected chi connectivity index (χ3v) is 5.63. The lowest BCUT2D eigenvalue weighted by Crippen LogP contribution is -2.53. The van der Waals surface area contributed by atoms with Crippen LogP contribution in [0.25, 0.3) is 0 Å². The zero-order valence-electron chi connectivity index (χ0n) is 18.1. The fourth-order valence-electron chi connectivity index (χ4n) is 3.77. The predicted octanol–water partition coefficient (Wildman–Crippen LogP) is 3.60. The van der Waals surface area contributed by atoms with Crippen molar-refractivity contribution in [3.63, 3.8) is 0 Å². The van der Waals surface area contributed by atoms with Crippen LogP contribution in [0.2, 0.25) is 0 Å². The molecule has 1 atom stereocenters. The zero-order valence-corrected chi connectivity index (χ0v) is 18.1. The van der Waals surface area contributed by atoms with Gasteiger partial charge in [0, 0.05) is 24.7 Å². The summed E-state index contributed by atoms with van der Waals surface area (Å²) >= 11 is 0. The Hall–Kier alpha value is -3.29. The molecule has 6 nitrogen and oxygen atoms in total. The van der Waals surface area contributed by atoms with Crippen LogP contribution in [0.1, 0.15) is 37.0 Å². The van der Waals surface area contributed by atoms with Gasteiger partial charge in [-0.15, -0.1) is 0 Å². The molecule has 1 unspecified atom stereocenters. The number of carbonyl (C=O) groups is 3. The van der Waals surface area contributed by atoms with Crippen molar-refractivity contribution in [2.45, 2.75) is 32.7 Å². The number of benzene rings is 2. The average Bonchev–Trinajstić information content (AvgIpc) is 2.77. The first kappa shape index (κ1) is 23.4. The van der Waals surface area contributed by atoms with Crippen LogP contribution < -0.4 is 10.6 Å². The molecule has 2 aromatic rings. The third kappa shape index (κ3) is 5.49. The number of carbonyl (C=O) groups excluding carboxylic acids is 3. The summed E-state index contributed by atoms with van der Waals surface area (Å²) in [7, 11) is 0. The van der Waals surface area contributed by atoms with Gasteiger partial charge in [-0.1, -0.05) is 38.1 Å². The molecule has 3 rings (SSSR count). The number of amides is 3. The zero-order chi connectivity index (χ0) is 23.3. The standard InChI is InChI=1S/C24H27F2N3O3/c1-15(2)21(28-23(31)20-18(25)9-6-10-19(20)26)24(32)29-13-11-16(12-14-29)22(30)27-17-7-4-3-5-8-17/h3-10,15-16,21H,11-14H2,1-2H3,(H,27,30)(H,28,31). The normalized spacial score (nSPS) is 15.3. The molecule has 0 aromatic heterocycles. The van der Waals surface area contributed by atoms with Gasteiger partial charge in [0.1, 0.15) is 23.2 Å². The first-order valence-corrected chi connectivity index (χ1v) is 10.7. The van der Waals surface area contributed by atoms with E-state index in [1.165, 1.54) is 6.07 Å². The molecule has 1 aliphatic heterocycles. The van der Waals surface area contributed by atoms with Crippen LogP contribution in [0, 0.1) is 23.5 Å². The molecule has 1 saturated heterocycles. The molecule has 3 amide bonds. The second kappa shape index (κ2) is 10.3. The first-order valence-electron chi connectivity index (χ1n) is 10.7. The van der Waals surface area contributed by atoms with Gasteiger partial charge in [-0.3, -0.25) is 14.4 Å². The van der Waals surface area contributed by atoms with Crippen molar-refractivity contribution >= 4 is 23.4 Å². The number of para-hydroxylation sites is 1. The summed E-state index contributed by atoms with van der Waals surface area (Å²) in [5.74, 6) is -3.87. The largest absolute Gasteiger partial charge is 0.341 e. The molecule has 0 saturated carbocycles. The molecule has 0 spiro atoms. The Morgan fingerprint density at radius 2 is 1.53 bits per heavy atom. The number of nitrogens with zero attached hydrogens (tertiary/aromatic N) is 1. The van der Waals surface area contributed by atoms with Crippen molar-refractivity contribution in [3.05, 3.63) is 65.7 Å². The van der Waals surface area contributed by atoms with E-state index < -0.39 is 29.1 Å². The van der Waals surface area contributed by atoms with E-state index in [2.05, 4.69) is 10.6 Å². The smallest absolute Gasteiger partial charge is 0.257 e. The maximum atomic E-state index is 13.9. The Bertz CT molecular complexity index is 953. The number of hydrogen-bond donors (Lipinski definition) is 2. The molecule has 1 fully saturated rings. The minimum atomic E-state index is -0.984. The van der Waals surface area contributed by atoms with E-state index >= 15 is 0 Å². The molecule has 2 aromatic carbocycles. The summed E-state index contributed by atoms with van der Waals surface area (Å²) in [5, 5.41) is 5.37. The van der Waals surface area contributed by atoms with Crippen LogP contribution in [0.15, 0.2) is 48.5 Å². The van der Waals surface area contributed by atoms with Crippen LogP contribution in [-0.4, -0.2) is 41.8 Å². The Labute approximate surface area is 186 Å². The fraction of sp³-hybridized carbons (Fsp3) is 0.375. The van der Waals surface area contributed by atoms with E-state index in [0.717, 1.165) is 17.8 Å². The van der Waals surface area contributed by atoms with E-state index in [1.807, 2.05) is 30.3 Å². The Morgan fingerprint density at radius 1 is 0.938 bits per heavy atom. The molecule has 0 aliphatic carbocycles. The number of rotatable bonds is 6. The molecule has 8 heteroatoms. The number of halogens is 2. The minimum Gasteiger partial charge on any atom is -0.341 e. The quantitative estimate of drug-likeness (QED) is 0.716. The van der Waals surface area contributed by atoms with Gasteiger partial charge >= 0.3 is 0 Å². The Morgan fingerprint density at radius 3 is 2.09 bits per heavy atom. The second-order valence-electron chi connectivity index (χ2n) is 8.25. The topological polar surface area (TPSA) is 78.5 Å². The highest BCUT2D eigenvalue weighted by atomic mass is 19.1. The lowest BCUT2D eigenvalue weighted by Gasteiger charge is -2.35. The third-order valence-electron chi connectivity index (χ3n) is 5.63. The van der Waals surface area contributed by atoms with Crippen molar-refractivity contribution in [2.24, 2.45) is 11.8 Å². The summed E-state index contributed by atoms with van der Waals surface area (Å²) in [5.41, 5.74) is 0.0150. The highest BCUT2D eigenvalue weighted by Crippen LogP contribution is 2.21. The van der Waals surface area contributed by atoms with Gasteiger partial charge in [0.2, 0.25) is 11.8 Å². The number of nitrogens with one attached hydrogen (secondary N) is 2. The van der Waals surface area contributed by atoms with Gasteiger partial charge in [0.05, 0.1) is 0 Å².